The molecule has 1 heterocycles. The molecule has 0 saturated carbocycles. The number of ether oxygens (including phenoxy) is 1. The number of alkyl halides is 3. The Morgan fingerprint density at radius 1 is 1.23 bits per heavy atom. The van der Waals surface area contributed by atoms with Gasteiger partial charge in [0.05, 0.1) is 5.92 Å². The van der Waals surface area contributed by atoms with Crippen LogP contribution >= 0.6 is 0 Å². The molecular weight excluding hydrogens is 349 g/mol. The highest BCUT2D eigenvalue weighted by atomic mass is 19.4. The minimum atomic E-state index is -4.79. The van der Waals surface area contributed by atoms with E-state index >= 15 is 0 Å². The number of rotatable bonds is 3. The summed E-state index contributed by atoms with van der Waals surface area (Å²) in [6.07, 6.45) is -3.46. The van der Waals surface area contributed by atoms with Crippen molar-refractivity contribution in [3.8, 4) is 5.75 Å². The number of nitrogens with zero attached hydrogens (tertiary/aromatic N) is 1. The molecule has 0 spiro atoms. The van der Waals surface area contributed by atoms with E-state index in [9.17, 15) is 22.8 Å². The van der Waals surface area contributed by atoms with Crippen LogP contribution in [0.5, 0.6) is 5.75 Å². The van der Waals surface area contributed by atoms with Gasteiger partial charge in [0.15, 0.2) is 0 Å². The molecule has 0 aliphatic carbocycles. The van der Waals surface area contributed by atoms with E-state index < -0.39 is 23.4 Å². The molecule has 1 fully saturated rings. The summed E-state index contributed by atoms with van der Waals surface area (Å²) < 4.78 is 40.7. The molecule has 1 unspecified atom stereocenters. The largest absolute Gasteiger partial charge is 0.573 e. The number of nitrogens with one attached hydrogen (secondary N) is 1. The Balaban J connectivity index is 2.01. The molecule has 1 aromatic rings. The molecule has 8 heteroatoms. The van der Waals surface area contributed by atoms with Gasteiger partial charge in [-0.25, -0.2) is 0 Å². The number of hydrogen-bond acceptors (Lipinski definition) is 3. The Labute approximate surface area is 150 Å². The van der Waals surface area contributed by atoms with Crippen LogP contribution in [-0.2, 0) is 9.59 Å². The van der Waals surface area contributed by atoms with E-state index in [1.807, 2.05) is 20.8 Å². The zero-order valence-electron chi connectivity index (χ0n) is 15.0. The first-order valence-corrected chi connectivity index (χ1v) is 8.42. The predicted octanol–water partition coefficient (Wildman–Crippen LogP) is 3.81. The van der Waals surface area contributed by atoms with Crippen LogP contribution in [0.2, 0.25) is 0 Å². The molecule has 1 aliphatic rings. The lowest BCUT2D eigenvalue weighted by molar-refractivity contribution is -0.274. The second-order valence-corrected chi connectivity index (χ2v) is 7.41. The van der Waals surface area contributed by atoms with Gasteiger partial charge in [0.2, 0.25) is 11.8 Å². The molecule has 2 rings (SSSR count). The van der Waals surface area contributed by atoms with Gasteiger partial charge in [-0.3, -0.25) is 9.59 Å². The number of carbonyl (C=O) groups excluding carboxylic acids is 2. The van der Waals surface area contributed by atoms with Crippen LogP contribution in [0.3, 0.4) is 0 Å². The summed E-state index contributed by atoms with van der Waals surface area (Å²) in [5.41, 5.74) is -0.308. The Hall–Kier alpha value is -2.25. The number of amides is 2. The van der Waals surface area contributed by atoms with E-state index in [0.717, 1.165) is 12.1 Å². The highest BCUT2D eigenvalue weighted by Gasteiger charge is 2.34. The zero-order valence-corrected chi connectivity index (χ0v) is 15.0. The zero-order chi connectivity index (χ0) is 19.5. The third-order valence-corrected chi connectivity index (χ3v) is 4.06. The summed E-state index contributed by atoms with van der Waals surface area (Å²) in [5, 5.41) is 2.61. The van der Waals surface area contributed by atoms with Gasteiger partial charge in [-0.15, -0.1) is 13.2 Å². The maximum Gasteiger partial charge on any atom is 0.573 e. The van der Waals surface area contributed by atoms with Gasteiger partial charge in [-0.1, -0.05) is 26.8 Å². The third-order valence-electron chi connectivity index (χ3n) is 4.06. The van der Waals surface area contributed by atoms with Crippen molar-refractivity contribution in [3.05, 3.63) is 24.3 Å². The molecule has 0 radical (unpaired) electrons. The number of halogens is 3. The molecule has 0 aromatic heterocycles. The van der Waals surface area contributed by atoms with Gasteiger partial charge in [0.25, 0.3) is 0 Å². The number of hydrogen-bond donors (Lipinski definition) is 1. The molecule has 1 aromatic carbocycles. The summed E-state index contributed by atoms with van der Waals surface area (Å²) in [6.45, 7) is 6.39. The summed E-state index contributed by atoms with van der Waals surface area (Å²) in [6, 6.07) is 5.13. The summed E-state index contributed by atoms with van der Waals surface area (Å²) in [5.74, 6) is -1.14. The number of benzene rings is 1. The van der Waals surface area contributed by atoms with E-state index in [4.69, 9.17) is 0 Å². The van der Waals surface area contributed by atoms with Crippen LogP contribution in [0, 0.1) is 11.3 Å². The van der Waals surface area contributed by atoms with Crippen molar-refractivity contribution in [1.29, 1.82) is 0 Å². The molecule has 1 saturated heterocycles. The van der Waals surface area contributed by atoms with Crippen LogP contribution in [-0.4, -0.2) is 36.2 Å². The van der Waals surface area contributed by atoms with Gasteiger partial charge >= 0.3 is 6.36 Å². The number of piperidine rings is 1. The summed E-state index contributed by atoms with van der Waals surface area (Å²) in [4.78, 5) is 26.5. The van der Waals surface area contributed by atoms with Gasteiger partial charge in [0.1, 0.15) is 5.75 Å². The number of likely N-dealkylation sites (tertiary alicyclic amines) is 1. The van der Waals surface area contributed by atoms with Crippen molar-refractivity contribution < 1.29 is 27.5 Å². The predicted molar refractivity (Wildman–Crippen MR) is 90.5 cm³/mol. The van der Waals surface area contributed by atoms with Crippen molar-refractivity contribution in [2.24, 2.45) is 11.3 Å². The van der Waals surface area contributed by atoms with Gasteiger partial charge < -0.3 is 15.0 Å². The van der Waals surface area contributed by atoms with Gasteiger partial charge in [-0.05, 0) is 25.0 Å². The molecule has 26 heavy (non-hydrogen) atoms. The van der Waals surface area contributed by atoms with Crippen molar-refractivity contribution in [2.45, 2.75) is 40.0 Å². The second-order valence-electron chi connectivity index (χ2n) is 7.41. The molecule has 5 nitrogen and oxygen atoms in total. The van der Waals surface area contributed by atoms with Crippen molar-refractivity contribution in [1.82, 2.24) is 4.90 Å². The molecule has 1 aliphatic heterocycles. The molecule has 0 bridgehead atoms. The second kappa shape index (κ2) is 7.55. The summed E-state index contributed by atoms with van der Waals surface area (Å²) in [7, 11) is 0. The maximum atomic E-state index is 12.5. The van der Waals surface area contributed by atoms with E-state index in [1.54, 1.807) is 4.90 Å². The number of carbonyl (C=O) groups is 2. The first-order valence-electron chi connectivity index (χ1n) is 8.42. The molecule has 1 N–H and O–H groups in total. The monoisotopic (exact) mass is 372 g/mol. The smallest absolute Gasteiger partial charge is 0.406 e. The average Bonchev–Trinajstić information content (AvgIpc) is 2.52. The van der Waals surface area contributed by atoms with E-state index in [2.05, 4.69) is 10.1 Å². The van der Waals surface area contributed by atoms with Crippen molar-refractivity contribution in [3.63, 3.8) is 0 Å². The van der Waals surface area contributed by atoms with Crippen LogP contribution in [0.1, 0.15) is 33.6 Å². The first-order chi connectivity index (χ1) is 12.0. The molecule has 1 atom stereocenters. The topological polar surface area (TPSA) is 58.6 Å². The highest BCUT2D eigenvalue weighted by molar-refractivity contribution is 5.93. The first kappa shape index (κ1) is 20.1. The Morgan fingerprint density at radius 2 is 1.92 bits per heavy atom. The van der Waals surface area contributed by atoms with E-state index in [0.29, 0.717) is 25.9 Å². The van der Waals surface area contributed by atoms with E-state index in [-0.39, 0.29) is 17.5 Å². The van der Waals surface area contributed by atoms with Crippen LogP contribution in [0.15, 0.2) is 24.3 Å². The normalized spacial score (nSPS) is 18.4. The van der Waals surface area contributed by atoms with E-state index in [1.165, 1.54) is 12.1 Å². The highest BCUT2D eigenvalue weighted by Crippen LogP contribution is 2.27. The minimum Gasteiger partial charge on any atom is -0.406 e. The van der Waals surface area contributed by atoms with Crippen molar-refractivity contribution >= 4 is 17.5 Å². The Morgan fingerprint density at radius 3 is 2.54 bits per heavy atom. The lowest BCUT2D eigenvalue weighted by Crippen LogP contribution is -2.47. The standard InChI is InChI=1S/C18H23F3N2O3/c1-17(2,3)16(25)23-9-5-6-12(11-23)15(24)22-13-7-4-8-14(10-13)26-18(19,20)21/h4,7-8,10,12H,5-6,9,11H2,1-3H3,(H,22,24). The molecule has 144 valence electrons. The molecule has 2 amide bonds. The fourth-order valence-electron chi connectivity index (χ4n) is 2.87. The fraction of sp³-hybridized carbons (Fsp3) is 0.556. The van der Waals surface area contributed by atoms with Crippen LogP contribution in [0.4, 0.5) is 18.9 Å². The summed E-state index contributed by atoms with van der Waals surface area (Å²) >= 11 is 0. The molecular formula is C18H23F3N2O3. The number of anilines is 1. The lowest BCUT2D eigenvalue weighted by atomic mass is 9.91. The fourth-order valence-corrected chi connectivity index (χ4v) is 2.87. The van der Waals surface area contributed by atoms with Crippen LogP contribution in [0.25, 0.3) is 0 Å². The lowest BCUT2D eigenvalue weighted by Gasteiger charge is -2.35. The van der Waals surface area contributed by atoms with Crippen molar-refractivity contribution in [2.75, 3.05) is 18.4 Å². The average molecular weight is 372 g/mol. The van der Waals surface area contributed by atoms with Crippen LogP contribution < -0.4 is 10.1 Å². The Kier molecular flexibility index (Phi) is 5.83. The van der Waals surface area contributed by atoms with Gasteiger partial charge in [-0.2, -0.15) is 0 Å². The minimum absolute atomic E-state index is 0.0180. The maximum absolute atomic E-state index is 12.5. The third kappa shape index (κ3) is 5.64. The quantitative estimate of drug-likeness (QED) is 0.878. The van der Waals surface area contributed by atoms with Gasteiger partial charge in [0, 0.05) is 30.3 Å². The Bertz CT molecular complexity index is 668. The SMILES string of the molecule is CC(C)(C)C(=O)N1CCCC(C(=O)Nc2cccc(OC(F)(F)F)c2)C1.